The molecule has 0 bridgehead atoms. The van der Waals surface area contributed by atoms with Crippen molar-refractivity contribution >= 4 is 17.4 Å². The Morgan fingerprint density at radius 2 is 2.08 bits per heavy atom. The van der Waals surface area contributed by atoms with Gasteiger partial charge < -0.3 is 10.1 Å². The maximum absolute atomic E-state index is 12.3. The Morgan fingerprint density at radius 1 is 1.31 bits per heavy atom. The van der Waals surface area contributed by atoms with Gasteiger partial charge in [-0.3, -0.25) is 19.7 Å². The first-order chi connectivity index (χ1) is 12.6. The fraction of sp³-hybridized carbons (Fsp3) is 0.353. The molecular formula is C17H18N4O5. The highest BCUT2D eigenvalue weighted by atomic mass is 16.6. The zero-order valence-corrected chi connectivity index (χ0v) is 14.0. The summed E-state index contributed by atoms with van der Waals surface area (Å²) in [6.07, 6.45) is 3.30. The van der Waals surface area contributed by atoms with Crippen LogP contribution in [0.25, 0.3) is 0 Å². The molecule has 1 atom stereocenters. The van der Waals surface area contributed by atoms with Gasteiger partial charge in [0.2, 0.25) is 5.69 Å². The third-order valence-electron chi connectivity index (χ3n) is 4.08. The highest BCUT2D eigenvalue weighted by Crippen LogP contribution is 2.25. The van der Waals surface area contributed by atoms with Crippen LogP contribution in [0.4, 0.5) is 5.69 Å². The van der Waals surface area contributed by atoms with Crippen LogP contribution in [-0.2, 0) is 4.74 Å². The summed E-state index contributed by atoms with van der Waals surface area (Å²) in [5, 5.41) is 17.7. The maximum atomic E-state index is 12.3. The van der Waals surface area contributed by atoms with Crippen LogP contribution in [-0.4, -0.2) is 39.5 Å². The quantitative estimate of drug-likeness (QED) is 0.480. The fourth-order valence-electron chi connectivity index (χ4n) is 2.73. The van der Waals surface area contributed by atoms with E-state index < -0.39 is 22.7 Å². The fourth-order valence-corrected chi connectivity index (χ4v) is 2.73. The van der Waals surface area contributed by atoms with Crippen molar-refractivity contribution in [2.24, 2.45) is 0 Å². The van der Waals surface area contributed by atoms with Crippen molar-refractivity contribution in [3.05, 3.63) is 57.9 Å². The van der Waals surface area contributed by atoms with E-state index >= 15 is 0 Å². The van der Waals surface area contributed by atoms with Crippen LogP contribution in [0.2, 0.25) is 0 Å². The van der Waals surface area contributed by atoms with Crippen LogP contribution >= 0.6 is 0 Å². The van der Waals surface area contributed by atoms with Crippen LogP contribution in [0.15, 0.2) is 36.5 Å². The van der Waals surface area contributed by atoms with Gasteiger partial charge in [0.05, 0.1) is 11.5 Å². The zero-order chi connectivity index (χ0) is 18.5. The molecule has 1 N–H and O–H groups in total. The van der Waals surface area contributed by atoms with E-state index in [2.05, 4.69) is 10.4 Å². The summed E-state index contributed by atoms with van der Waals surface area (Å²) < 4.78 is 6.85. The number of rotatable bonds is 6. The summed E-state index contributed by atoms with van der Waals surface area (Å²) >= 11 is 0. The lowest BCUT2D eigenvalue weighted by Gasteiger charge is -2.22. The molecule has 0 radical (unpaired) electrons. The van der Waals surface area contributed by atoms with E-state index in [9.17, 15) is 19.7 Å². The van der Waals surface area contributed by atoms with Gasteiger partial charge in [-0.05, 0) is 19.3 Å². The first-order valence-electron chi connectivity index (χ1n) is 8.28. The van der Waals surface area contributed by atoms with Crippen LogP contribution in [0.3, 0.4) is 0 Å². The molecule has 2 aromatic rings. The lowest BCUT2D eigenvalue weighted by molar-refractivity contribution is -0.385. The summed E-state index contributed by atoms with van der Waals surface area (Å²) in [4.78, 5) is 35.0. The van der Waals surface area contributed by atoms with Crippen LogP contribution in [0.1, 0.15) is 46.3 Å². The SMILES string of the molecule is O=C(CNC(=O)c1nn(C2CCCCO2)cc1[N+](=O)[O-])c1ccccc1. The molecule has 2 heterocycles. The summed E-state index contributed by atoms with van der Waals surface area (Å²) in [7, 11) is 0. The van der Waals surface area contributed by atoms with E-state index in [4.69, 9.17) is 4.74 Å². The molecule has 1 amide bonds. The molecule has 9 heteroatoms. The van der Waals surface area contributed by atoms with E-state index in [1.165, 1.54) is 10.9 Å². The Labute approximate surface area is 149 Å². The molecule has 1 saturated heterocycles. The molecule has 1 fully saturated rings. The topological polar surface area (TPSA) is 116 Å². The third kappa shape index (κ3) is 3.94. The van der Waals surface area contributed by atoms with Crippen molar-refractivity contribution < 1.29 is 19.2 Å². The highest BCUT2D eigenvalue weighted by Gasteiger charge is 2.29. The molecule has 0 saturated carbocycles. The number of nitrogens with one attached hydrogen (secondary N) is 1. The normalized spacial score (nSPS) is 16.8. The second-order valence-electron chi connectivity index (χ2n) is 5.89. The molecule has 1 unspecified atom stereocenters. The first kappa shape index (κ1) is 17.7. The first-order valence-corrected chi connectivity index (χ1v) is 8.28. The van der Waals surface area contributed by atoms with E-state index in [-0.39, 0.29) is 18.0 Å². The number of carbonyl (C=O) groups excluding carboxylic acids is 2. The molecule has 0 aliphatic carbocycles. The number of Topliss-reactive ketones (excluding diaryl/α,β-unsaturated/α-hetero) is 1. The molecule has 1 aromatic carbocycles. The minimum absolute atomic E-state index is 0.271. The zero-order valence-electron chi connectivity index (χ0n) is 14.0. The van der Waals surface area contributed by atoms with Gasteiger partial charge in [-0.2, -0.15) is 5.10 Å². The molecule has 9 nitrogen and oxygen atoms in total. The van der Waals surface area contributed by atoms with Gasteiger partial charge in [0, 0.05) is 12.2 Å². The monoisotopic (exact) mass is 358 g/mol. The second-order valence-corrected chi connectivity index (χ2v) is 5.89. The number of amides is 1. The average molecular weight is 358 g/mol. The van der Waals surface area contributed by atoms with E-state index in [1.807, 2.05) is 0 Å². The summed E-state index contributed by atoms with van der Waals surface area (Å²) in [5.41, 5.74) is -0.294. The molecule has 26 heavy (non-hydrogen) atoms. The van der Waals surface area contributed by atoms with Gasteiger partial charge >= 0.3 is 5.69 Å². The van der Waals surface area contributed by atoms with Gasteiger partial charge in [0.1, 0.15) is 12.4 Å². The van der Waals surface area contributed by atoms with Gasteiger partial charge in [-0.1, -0.05) is 30.3 Å². The Hall–Kier alpha value is -3.07. The van der Waals surface area contributed by atoms with Crippen molar-refractivity contribution in [1.82, 2.24) is 15.1 Å². The van der Waals surface area contributed by atoms with E-state index in [0.29, 0.717) is 18.6 Å². The summed E-state index contributed by atoms with van der Waals surface area (Å²) in [6, 6.07) is 8.47. The van der Waals surface area contributed by atoms with Gasteiger partial charge in [-0.25, -0.2) is 4.68 Å². The maximum Gasteiger partial charge on any atom is 0.320 e. The smallest absolute Gasteiger partial charge is 0.320 e. The van der Waals surface area contributed by atoms with Gasteiger partial charge in [0.25, 0.3) is 5.91 Å². The minimum Gasteiger partial charge on any atom is -0.357 e. The van der Waals surface area contributed by atoms with Crippen molar-refractivity contribution in [2.45, 2.75) is 25.5 Å². The molecule has 1 aliphatic heterocycles. The van der Waals surface area contributed by atoms with E-state index in [0.717, 1.165) is 12.8 Å². The number of benzene rings is 1. The van der Waals surface area contributed by atoms with Crippen molar-refractivity contribution in [3.63, 3.8) is 0 Å². The number of nitro groups is 1. The number of hydrogen-bond donors (Lipinski definition) is 1. The van der Waals surface area contributed by atoms with Gasteiger partial charge in [0.15, 0.2) is 5.78 Å². The van der Waals surface area contributed by atoms with E-state index in [1.54, 1.807) is 30.3 Å². The number of aromatic nitrogens is 2. The predicted octanol–water partition coefficient (Wildman–Crippen LogP) is 2.10. The Balaban J connectivity index is 1.72. The number of hydrogen-bond acceptors (Lipinski definition) is 6. The molecular weight excluding hydrogens is 340 g/mol. The van der Waals surface area contributed by atoms with Crippen LogP contribution < -0.4 is 5.32 Å². The molecule has 1 aromatic heterocycles. The largest absolute Gasteiger partial charge is 0.357 e. The molecule has 136 valence electrons. The van der Waals surface area contributed by atoms with Gasteiger partial charge in [-0.15, -0.1) is 0 Å². The van der Waals surface area contributed by atoms with Crippen LogP contribution in [0.5, 0.6) is 0 Å². The molecule has 1 aliphatic rings. The van der Waals surface area contributed by atoms with Crippen LogP contribution in [0, 0.1) is 10.1 Å². The number of carbonyl (C=O) groups is 2. The lowest BCUT2D eigenvalue weighted by Crippen LogP contribution is -2.30. The Kier molecular flexibility index (Phi) is 5.37. The Bertz CT molecular complexity index is 812. The Morgan fingerprint density at radius 3 is 2.73 bits per heavy atom. The lowest BCUT2D eigenvalue weighted by atomic mass is 10.1. The number of ketones is 1. The number of ether oxygens (including phenoxy) is 1. The van der Waals surface area contributed by atoms with Crippen molar-refractivity contribution in [3.8, 4) is 0 Å². The minimum atomic E-state index is -0.768. The molecule has 0 spiro atoms. The number of nitrogens with zero attached hydrogens (tertiary/aromatic N) is 3. The average Bonchev–Trinajstić information content (AvgIpc) is 3.13. The second kappa shape index (κ2) is 7.87. The summed E-state index contributed by atoms with van der Waals surface area (Å²) in [6.45, 7) is 0.276. The predicted molar refractivity (Wildman–Crippen MR) is 90.8 cm³/mol. The standard InChI is InChI=1S/C17H18N4O5/c22-14(12-6-2-1-3-7-12)10-18-17(23)16-13(21(24)25)11-20(19-16)15-8-4-5-9-26-15/h1-3,6-7,11,15H,4-5,8-10H2,(H,18,23). The molecule has 3 rings (SSSR count). The third-order valence-corrected chi connectivity index (χ3v) is 4.08. The highest BCUT2D eigenvalue weighted by molar-refractivity contribution is 6.02. The van der Waals surface area contributed by atoms with Crippen molar-refractivity contribution in [2.75, 3.05) is 13.2 Å². The van der Waals surface area contributed by atoms with Crippen molar-refractivity contribution in [1.29, 1.82) is 0 Å². The summed E-state index contributed by atoms with van der Waals surface area (Å²) in [5.74, 6) is -1.06.